The number of nitrogens with two attached hydrogens (primary N) is 1. The molecule has 0 bridgehead atoms. The molecule has 5 nitrogen and oxygen atoms in total. The van der Waals surface area contributed by atoms with E-state index in [0.29, 0.717) is 18.4 Å². The van der Waals surface area contributed by atoms with E-state index in [4.69, 9.17) is 5.73 Å². The van der Waals surface area contributed by atoms with Crippen LogP contribution in [0, 0.1) is 0 Å². The van der Waals surface area contributed by atoms with Crippen molar-refractivity contribution >= 4 is 5.91 Å². The van der Waals surface area contributed by atoms with Crippen molar-refractivity contribution in [3.05, 3.63) is 52.6 Å². The molecule has 0 aliphatic heterocycles. The fourth-order valence-electron chi connectivity index (χ4n) is 2.53. The Labute approximate surface area is 141 Å². The molecule has 2 aromatic carbocycles. The summed E-state index contributed by atoms with van der Waals surface area (Å²) in [5.41, 5.74) is 7.70. The molecule has 5 heteroatoms. The first-order valence-electron chi connectivity index (χ1n) is 7.77. The van der Waals surface area contributed by atoms with Crippen molar-refractivity contribution < 1.29 is 20.1 Å². The molecule has 0 aliphatic rings. The first-order chi connectivity index (χ1) is 11.1. The molecule has 2 aromatic rings. The quantitative estimate of drug-likeness (QED) is 0.647. The van der Waals surface area contributed by atoms with Gasteiger partial charge >= 0.3 is 0 Å². The lowest BCUT2D eigenvalue weighted by atomic mass is 9.86. The molecule has 24 heavy (non-hydrogen) atoms. The summed E-state index contributed by atoms with van der Waals surface area (Å²) in [5.74, 6) is -2.70. The van der Waals surface area contributed by atoms with Gasteiger partial charge in [0.15, 0.2) is 11.5 Å². The molecule has 2 rings (SSSR count). The Morgan fingerprint density at radius 1 is 0.958 bits per heavy atom. The minimum atomic E-state index is -0.862. The topological polar surface area (TPSA) is 104 Å². The molecule has 0 saturated carbocycles. The van der Waals surface area contributed by atoms with Gasteiger partial charge in [-0.05, 0) is 41.0 Å². The molecule has 0 saturated heterocycles. The van der Waals surface area contributed by atoms with Crippen LogP contribution in [0.25, 0.3) is 0 Å². The van der Waals surface area contributed by atoms with Crippen molar-refractivity contribution in [3.63, 3.8) is 0 Å². The number of carbonyl (C=O) groups is 1. The van der Waals surface area contributed by atoms with Crippen LogP contribution in [0.2, 0.25) is 0 Å². The minimum absolute atomic E-state index is 0.0793. The van der Waals surface area contributed by atoms with Gasteiger partial charge in [-0.25, -0.2) is 0 Å². The standard InChI is InChI=1S/C19H23NO4/c1-19(2,3)13-8-5-11(6-9-13)4-7-12-10-14(18(20)24)16(22)17(23)15(12)21/h5-6,8-10,21-23H,4,7H2,1-3H3,(H2,20,24). The van der Waals surface area contributed by atoms with Crippen LogP contribution in [0.1, 0.15) is 47.8 Å². The van der Waals surface area contributed by atoms with E-state index in [2.05, 4.69) is 32.9 Å². The molecule has 5 N–H and O–H groups in total. The number of aryl methyl sites for hydroxylation is 2. The summed E-state index contributed by atoms with van der Waals surface area (Å²) >= 11 is 0. The van der Waals surface area contributed by atoms with Crippen molar-refractivity contribution in [2.24, 2.45) is 5.73 Å². The maximum absolute atomic E-state index is 11.3. The van der Waals surface area contributed by atoms with Gasteiger partial charge in [0.1, 0.15) is 0 Å². The number of phenols is 3. The van der Waals surface area contributed by atoms with E-state index < -0.39 is 23.2 Å². The van der Waals surface area contributed by atoms with Crippen molar-refractivity contribution in [1.29, 1.82) is 0 Å². The predicted octanol–water partition coefficient (Wildman–Crippen LogP) is 2.99. The highest BCUT2D eigenvalue weighted by Gasteiger charge is 2.19. The summed E-state index contributed by atoms with van der Waals surface area (Å²) in [4.78, 5) is 11.3. The second-order valence-corrected chi connectivity index (χ2v) is 6.94. The van der Waals surface area contributed by atoms with E-state index in [1.165, 1.54) is 11.6 Å². The van der Waals surface area contributed by atoms with Crippen LogP contribution in [0.5, 0.6) is 17.2 Å². The summed E-state index contributed by atoms with van der Waals surface area (Å²) in [6, 6.07) is 9.49. The maximum Gasteiger partial charge on any atom is 0.252 e. The Balaban J connectivity index is 2.22. The third-order valence-electron chi connectivity index (χ3n) is 4.09. The molecular formula is C19H23NO4. The van der Waals surface area contributed by atoms with Crippen LogP contribution < -0.4 is 5.73 Å². The summed E-state index contributed by atoms with van der Waals surface area (Å²) < 4.78 is 0. The highest BCUT2D eigenvalue weighted by atomic mass is 16.3. The molecule has 0 aliphatic carbocycles. The van der Waals surface area contributed by atoms with Gasteiger partial charge in [-0.2, -0.15) is 0 Å². The second-order valence-electron chi connectivity index (χ2n) is 6.94. The number of hydrogen-bond donors (Lipinski definition) is 4. The highest BCUT2D eigenvalue weighted by Crippen LogP contribution is 2.40. The van der Waals surface area contributed by atoms with Gasteiger partial charge in [0.2, 0.25) is 5.75 Å². The average Bonchev–Trinajstić information content (AvgIpc) is 2.51. The third-order valence-corrected chi connectivity index (χ3v) is 4.09. The average molecular weight is 329 g/mol. The summed E-state index contributed by atoms with van der Waals surface area (Å²) in [7, 11) is 0. The van der Waals surface area contributed by atoms with Crippen LogP contribution in [0.4, 0.5) is 0 Å². The van der Waals surface area contributed by atoms with E-state index in [9.17, 15) is 20.1 Å². The monoisotopic (exact) mass is 329 g/mol. The van der Waals surface area contributed by atoms with Crippen molar-refractivity contribution in [2.75, 3.05) is 0 Å². The normalized spacial score (nSPS) is 11.5. The van der Waals surface area contributed by atoms with E-state index >= 15 is 0 Å². The number of rotatable bonds is 4. The summed E-state index contributed by atoms with van der Waals surface area (Å²) in [6.45, 7) is 6.43. The van der Waals surface area contributed by atoms with Crippen LogP contribution in [0.3, 0.4) is 0 Å². The lowest BCUT2D eigenvalue weighted by Crippen LogP contribution is -2.12. The van der Waals surface area contributed by atoms with Crippen molar-refractivity contribution in [2.45, 2.75) is 39.0 Å². The number of phenolic OH excluding ortho intramolecular Hbond substituents is 2. The first-order valence-corrected chi connectivity index (χ1v) is 7.77. The largest absolute Gasteiger partial charge is 0.504 e. The highest BCUT2D eigenvalue weighted by molar-refractivity contribution is 5.97. The van der Waals surface area contributed by atoms with Crippen molar-refractivity contribution in [3.8, 4) is 17.2 Å². The number of benzene rings is 2. The van der Waals surface area contributed by atoms with E-state index in [0.717, 1.165) is 5.56 Å². The zero-order valence-corrected chi connectivity index (χ0v) is 14.1. The number of aromatic hydroxyl groups is 3. The fourth-order valence-corrected chi connectivity index (χ4v) is 2.53. The van der Waals surface area contributed by atoms with Gasteiger partial charge in [0, 0.05) is 0 Å². The fraction of sp³-hybridized carbons (Fsp3) is 0.316. The van der Waals surface area contributed by atoms with Crippen LogP contribution in [-0.2, 0) is 18.3 Å². The molecule has 0 spiro atoms. The molecule has 0 fully saturated rings. The predicted molar refractivity (Wildman–Crippen MR) is 92.5 cm³/mol. The Morgan fingerprint density at radius 2 is 1.54 bits per heavy atom. The summed E-state index contributed by atoms with van der Waals surface area (Å²) in [6.07, 6.45) is 1.01. The molecule has 0 radical (unpaired) electrons. The van der Waals surface area contributed by atoms with Gasteiger partial charge in [-0.3, -0.25) is 4.79 Å². The van der Waals surface area contributed by atoms with Gasteiger partial charge in [0.25, 0.3) is 5.91 Å². The molecule has 1 amide bonds. The van der Waals surface area contributed by atoms with Gasteiger partial charge in [0.05, 0.1) is 5.56 Å². The Morgan fingerprint density at radius 3 is 2.04 bits per heavy atom. The third kappa shape index (κ3) is 3.62. The van der Waals surface area contributed by atoms with Crippen molar-refractivity contribution in [1.82, 2.24) is 0 Å². The Kier molecular flexibility index (Phi) is 4.73. The SMILES string of the molecule is CC(C)(C)c1ccc(CCc2cc(C(N)=O)c(O)c(O)c2O)cc1. The van der Waals surface area contributed by atoms with Crippen LogP contribution in [-0.4, -0.2) is 21.2 Å². The van der Waals surface area contributed by atoms with Crippen LogP contribution >= 0.6 is 0 Å². The first kappa shape index (κ1) is 17.7. The van der Waals surface area contributed by atoms with E-state index in [1.807, 2.05) is 12.1 Å². The second kappa shape index (κ2) is 6.43. The van der Waals surface area contributed by atoms with Gasteiger partial charge in [-0.15, -0.1) is 0 Å². The lowest BCUT2D eigenvalue weighted by molar-refractivity contribution is 0.0997. The van der Waals surface area contributed by atoms with Gasteiger partial charge < -0.3 is 21.1 Å². The Bertz CT molecular complexity index is 758. The lowest BCUT2D eigenvalue weighted by Gasteiger charge is -2.19. The summed E-state index contributed by atoms with van der Waals surface area (Å²) in [5, 5.41) is 29.3. The molecule has 0 aromatic heterocycles. The molecular weight excluding hydrogens is 306 g/mol. The Hall–Kier alpha value is -2.69. The molecule has 0 heterocycles. The zero-order valence-electron chi connectivity index (χ0n) is 14.1. The van der Waals surface area contributed by atoms with Gasteiger partial charge in [-0.1, -0.05) is 45.0 Å². The number of primary amides is 1. The van der Waals surface area contributed by atoms with E-state index in [1.54, 1.807) is 0 Å². The molecule has 0 atom stereocenters. The molecule has 0 unspecified atom stereocenters. The van der Waals surface area contributed by atoms with E-state index in [-0.39, 0.29) is 11.0 Å². The number of carbonyl (C=O) groups excluding carboxylic acids is 1. The number of hydrogen-bond acceptors (Lipinski definition) is 4. The number of amides is 1. The smallest absolute Gasteiger partial charge is 0.252 e. The molecule has 128 valence electrons. The van der Waals surface area contributed by atoms with Crippen LogP contribution in [0.15, 0.2) is 30.3 Å². The maximum atomic E-state index is 11.3. The minimum Gasteiger partial charge on any atom is -0.504 e. The zero-order chi connectivity index (χ0) is 18.1.